The largest absolute Gasteiger partial charge is 1.00 e. The van der Waals surface area contributed by atoms with Gasteiger partial charge in [-0.1, -0.05) is 6.92 Å². The second-order valence-corrected chi connectivity index (χ2v) is 5.78. The molecule has 0 atom stereocenters. The lowest BCUT2D eigenvalue weighted by Gasteiger charge is -2.29. The minimum Gasteiger partial charge on any atom is -1.00 e. The number of nitrogen functional groups attached to an aromatic ring is 1. The minimum atomic E-state index is -0.417. The highest BCUT2D eigenvalue weighted by molar-refractivity contribution is 5.60. The molecule has 0 unspecified atom stereocenters. The summed E-state index contributed by atoms with van der Waals surface area (Å²) in [6.07, 6.45) is 1.11. The normalized spacial score (nSPS) is 11.1. The third-order valence-electron chi connectivity index (χ3n) is 3.56. The van der Waals surface area contributed by atoms with E-state index in [0.717, 1.165) is 28.6 Å². The van der Waals surface area contributed by atoms with Crippen LogP contribution >= 0.6 is 0 Å². The number of hydrogen-bond donors (Lipinski definition) is 2. The van der Waals surface area contributed by atoms with Crippen molar-refractivity contribution in [2.24, 2.45) is 14.1 Å². The lowest BCUT2D eigenvalue weighted by molar-refractivity contribution is -0.888. The summed E-state index contributed by atoms with van der Waals surface area (Å²) in [4.78, 5) is 23.7. The van der Waals surface area contributed by atoms with Crippen LogP contribution in [-0.2, 0) is 14.1 Å². The molecule has 3 N–H and O–H groups in total. The van der Waals surface area contributed by atoms with Crippen LogP contribution in [-0.4, -0.2) is 47.3 Å². The van der Waals surface area contributed by atoms with Crippen molar-refractivity contribution in [3.63, 3.8) is 0 Å². The molecule has 0 spiro atoms. The second-order valence-electron chi connectivity index (χ2n) is 5.78. The van der Waals surface area contributed by atoms with E-state index < -0.39 is 5.69 Å². The van der Waals surface area contributed by atoms with E-state index in [9.17, 15) is 9.59 Å². The van der Waals surface area contributed by atoms with Gasteiger partial charge >= 0.3 is 5.69 Å². The smallest absolute Gasteiger partial charge is 0.332 e. The number of likely N-dealkylation sites (N-methyl/N-ethyl adjacent to an activating group) is 1. The summed E-state index contributed by atoms with van der Waals surface area (Å²) in [7, 11) is 7.30. The number of aromatic nitrogens is 2. The van der Waals surface area contributed by atoms with Gasteiger partial charge in [-0.25, -0.2) is 4.79 Å². The number of hydrogen-bond acceptors (Lipinski definition) is 4. The van der Waals surface area contributed by atoms with E-state index in [-0.39, 0.29) is 28.4 Å². The van der Waals surface area contributed by atoms with Crippen LogP contribution in [0.5, 0.6) is 0 Å². The summed E-state index contributed by atoms with van der Waals surface area (Å²) in [5.74, 6) is 0.180. The molecule has 8 heteroatoms. The van der Waals surface area contributed by atoms with E-state index in [1.807, 2.05) is 0 Å². The average Bonchev–Trinajstić information content (AvgIpc) is 2.38. The van der Waals surface area contributed by atoms with Gasteiger partial charge in [-0.2, -0.15) is 0 Å². The van der Waals surface area contributed by atoms with Gasteiger partial charge in [0, 0.05) is 14.1 Å². The molecule has 0 aliphatic heterocycles. The summed E-state index contributed by atoms with van der Waals surface area (Å²) in [6, 6.07) is 0. The average molecular weight is 364 g/mol. The Morgan fingerprint density at radius 3 is 2.24 bits per heavy atom. The van der Waals surface area contributed by atoms with E-state index >= 15 is 0 Å². The van der Waals surface area contributed by atoms with Gasteiger partial charge < -0.3 is 32.5 Å². The molecule has 21 heavy (non-hydrogen) atoms. The van der Waals surface area contributed by atoms with Gasteiger partial charge in [0.25, 0.3) is 5.56 Å². The van der Waals surface area contributed by atoms with E-state index in [0.29, 0.717) is 12.2 Å². The van der Waals surface area contributed by atoms with Gasteiger partial charge in [0.1, 0.15) is 11.5 Å². The molecule has 0 aromatic carbocycles. The molecule has 0 fully saturated rings. The molecule has 1 rings (SSSR count). The highest BCUT2D eigenvalue weighted by Crippen LogP contribution is 2.09. The molecular formula is C13H26BrN5O2. The maximum atomic E-state index is 12.0. The number of anilines is 2. The zero-order valence-corrected chi connectivity index (χ0v) is 15.0. The maximum Gasteiger partial charge on any atom is 0.332 e. The Bertz CT molecular complexity index is 591. The van der Waals surface area contributed by atoms with Crippen molar-refractivity contribution >= 4 is 11.5 Å². The fourth-order valence-corrected chi connectivity index (χ4v) is 2.23. The van der Waals surface area contributed by atoms with Gasteiger partial charge in [0.15, 0.2) is 0 Å². The lowest BCUT2D eigenvalue weighted by atomic mass is 10.3. The zero-order chi connectivity index (χ0) is 15.5. The summed E-state index contributed by atoms with van der Waals surface area (Å²) in [6.45, 7) is 4.72. The van der Waals surface area contributed by atoms with Gasteiger partial charge in [-0.05, 0) is 6.42 Å². The highest BCUT2D eigenvalue weighted by atomic mass is 79.9. The van der Waals surface area contributed by atoms with E-state index in [2.05, 4.69) is 26.3 Å². The SMILES string of the molecule is CCC[N+](C)(C)CCNc1c(N)n(C)c(=O)n(C)c1=O.[Br-]. The van der Waals surface area contributed by atoms with E-state index in [4.69, 9.17) is 5.73 Å². The number of nitrogens with one attached hydrogen (secondary N) is 1. The Hall–Kier alpha value is -1.28. The molecule has 0 saturated heterocycles. The van der Waals surface area contributed by atoms with Crippen LogP contribution in [0.3, 0.4) is 0 Å². The lowest BCUT2D eigenvalue weighted by Crippen LogP contribution is -3.00. The first-order chi connectivity index (χ1) is 9.21. The van der Waals surface area contributed by atoms with Crippen molar-refractivity contribution in [3.05, 3.63) is 20.8 Å². The molecule has 0 radical (unpaired) electrons. The van der Waals surface area contributed by atoms with Crippen LogP contribution in [0.25, 0.3) is 0 Å². The maximum absolute atomic E-state index is 12.0. The monoisotopic (exact) mass is 363 g/mol. The zero-order valence-electron chi connectivity index (χ0n) is 13.4. The number of rotatable bonds is 6. The van der Waals surface area contributed by atoms with Gasteiger partial charge in [0.05, 0.1) is 33.7 Å². The van der Waals surface area contributed by atoms with Crippen molar-refractivity contribution in [2.45, 2.75) is 13.3 Å². The van der Waals surface area contributed by atoms with Crippen molar-refractivity contribution in [3.8, 4) is 0 Å². The standard InChI is InChI=1S/C13H25N5O2.BrH/c1-6-8-18(4,5)9-7-15-10-11(14)16(2)13(20)17(3)12(10)19;/h15H,6-9H2,1-5H3,(H-,14,19);1H. The molecule has 0 bridgehead atoms. The number of nitrogens with zero attached hydrogens (tertiary/aromatic N) is 3. The molecule has 0 aliphatic carbocycles. The molecule has 0 saturated carbocycles. The topological polar surface area (TPSA) is 82.0 Å². The Labute approximate surface area is 135 Å². The third kappa shape index (κ3) is 4.60. The fraction of sp³-hybridized carbons (Fsp3) is 0.692. The molecule has 0 aliphatic rings. The van der Waals surface area contributed by atoms with Crippen molar-refractivity contribution in [1.82, 2.24) is 9.13 Å². The number of halogens is 1. The molecule has 122 valence electrons. The Morgan fingerprint density at radius 2 is 1.71 bits per heavy atom. The van der Waals surface area contributed by atoms with Crippen molar-refractivity contribution < 1.29 is 21.5 Å². The van der Waals surface area contributed by atoms with Crippen LogP contribution in [0.4, 0.5) is 11.5 Å². The van der Waals surface area contributed by atoms with Gasteiger partial charge in [0.2, 0.25) is 0 Å². The molecular weight excluding hydrogens is 338 g/mol. The summed E-state index contributed by atoms with van der Waals surface area (Å²) >= 11 is 0. The first-order valence-electron chi connectivity index (χ1n) is 6.82. The molecule has 1 heterocycles. The Kier molecular flexibility index (Phi) is 7.18. The third-order valence-corrected chi connectivity index (χ3v) is 3.56. The summed E-state index contributed by atoms with van der Waals surface area (Å²) < 4.78 is 3.20. The first kappa shape index (κ1) is 19.7. The van der Waals surface area contributed by atoms with Crippen LogP contribution in [0, 0.1) is 0 Å². The number of quaternary nitrogens is 1. The Morgan fingerprint density at radius 1 is 1.14 bits per heavy atom. The van der Waals surface area contributed by atoms with Crippen LogP contribution < -0.4 is 39.3 Å². The van der Waals surface area contributed by atoms with Crippen molar-refractivity contribution in [1.29, 1.82) is 0 Å². The van der Waals surface area contributed by atoms with Crippen LogP contribution in [0.1, 0.15) is 13.3 Å². The van der Waals surface area contributed by atoms with E-state index in [1.165, 1.54) is 11.6 Å². The predicted molar refractivity (Wildman–Crippen MR) is 82.0 cm³/mol. The van der Waals surface area contributed by atoms with E-state index in [1.54, 1.807) is 7.05 Å². The fourth-order valence-electron chi connectivity index (χ4n) is 2.23. The molecule has 1 aromatic rings. The molecule has 0 amide bonds. The predicted octanol–water partition coefficient (Wildman–Crippen LogP) is -3.43. The summed E-state index contributed by atoms with van der Waals surface area (Å²) in [5, 5.41) is 3.07. The number of nitrogens with two attached hydrogens (primary N) is 1. The van der Waals surface area contributed by atoms with Crippen molar-refractivity contribution in [2.75, 3.05) is 44.8 Å². The minimum absolute atomic E-state index is 0. The first-order valence-corrected chi connectivity index (χ1v) is 6.82. The highest BCUT2D eigenvalue weighted by Gasteiger charge is 2.16. The Balaban J connectivity index is 0.00000400. The molecule has 7 nitrogen and oxygen atoms in total. The second kappa shape index (κ2) is 7.65. The molecule has 1 aromatic heterocycles. The van der Waals surface area contributed by atoms with Crippen LogP contribution in [0.2, 0.25) is 0 Å². The van der Waals surface area contributed by atoms with Crippen LogP contribution in [0.15, 0.2) is 9.59 Å². The van der Waals surface area contributed by atoms with Gasteiger partial charge in [-0.3, -0.25) is 13.9 Å². The quantitative estimate of drug-likeness (QED) is 0.515. The summed E-state index contributed by atoms with van der Waals surface area (Å²) in [5.41, 5.74) is 5.34. The van der Waals surface area contributed by atoms with Gasteiger partial charge in [-0.15, -0.1) is 0 Å².